The van der Waals surface area contributed by atoms with Crippen LogP contribution in [0.15, 0.2) is 53.5 Å². The molecule has 0 spiro atoms. The van der Waals surface area contributed by atoms with Crippen molar-refractivity contribution in [2.45, 2.75) is 20.0 Å². The van der Waals surface area contributed by atoms with E-state index in [2.05, 4.69) is 5.32 Å². The molecule has 2 amide bonds. The molecule has 1 saturated heterocycles. The fraction of sp³-hybridized carbons (Fsp3) is 0.261. The minimum Gasteiger partial charge on any atom is -0.488 e. The Balaban J connectivity index is 1.46. The van der Waals surface area contributed by atoms with Gasteiger partial charge in [0.05, 0.1) is 34.6 Å². The van der Waals surface area contributed by atoms with Crippen molar-refractivity contribution in [1.29, 1.82) is 0 Å². The zero-order chi connectivity index (χ0) is 23.5. The summed E-state index contributed by atoms with van der Waals surface area (Å²) in [5.74, 6) is 0.0163. The largest absolute Gasteiger partial charge is 0.488 e. The highest BCUT2D eigenvalue weighted by Crippen LogP contribution is 2.26. The van der Waals surface area contributed by atoms with E-state index in [1.807, 2.05) is 19.9 Å². The van der Waals surface area contributed by atoms with Gasteiger partial charge in [-0.2, -0.15) is 0 Å². The van der Waals surface area contributed by atoms with Gasteiger partial charge in [-0.3, -0.25) is 19.1 Å². The van der Waals surface area contributed by atoms with E-state index >= 15 is 0 Å². The molecule has 0 radical (unpaired) electrons. The van der Waals surface area contributed by atoms with Gasteiger partial charge in [0.25, 0.3) is 11.5 Å². The summed E-state index contributed by atoms with van der Waals surface area (Å²) in [4.78, 5) is 39.3. The number of halogens is 1. The number of hydrogen-bond acceptors (Lipinski definition) is 6. The third kappa shape index (κ3) is 4.89. The molecule has 33 heavy (non-hydrogen) atoms. The monoisotopic (exact) mass is 487 g/mol. The van der Waals surface area contributed by atoms with E-state index < -0.39 is 12.2 Å². The molecule has 1 atom stereocenters. The molecule has 0 aliphatic carbocycles. The van der Waals surface area contributed by atoms with Crippen molar-refractivity contribution < 1.29 is 19.1 Å². The van der Waals surface area contributed by atoms with Gasteiger partial charge in [-0.15, -0.1) is 11.3 Å². The van der Waals surface area contributed by atoms with Gasteiger partial charge < -0.3 is 14.8 Å². The lowest BCUT2D eigenvalue weighted by Gasteiger charge is -2.17. The van der Waals surface area contributed by atoms with Gasteiger partial charge in [-0.1, -0.05) is 11.6 Å². The van der Waals surface area contributed by atoms with Gasteiger partial charge in [-0.25, -0.2) is 4.79 Å². The van der Waals surface area contributed by atoms with Crippen LogP contribution in [-0.2, 0) is 4.74 Å². The number of benzene rings is 1. The summed E-state index contributed by atoms with van der Waals surface area (Å²) in [7, 11) is 0. The molecule has 0 unspecified atom stereocenters. The minimum absolute atomic E-state index is 0.188. The number of ether oxygens (including phenoxy) is 2. The highest BCUT2D eigenvalue weighted by atomic mass is 35.5. The summed E-state index contributed by atoms with van der Waals surface area (Å²) < 4.78 is 12.9. The normalized spacial score (nSPS) is 15.4. The second-order valence-corrected chi connectivity index (χ2v) is 9.10. The summed E-state index contributed by atoms with van der Waals surface area (Å²) in [6, 6.07) is 12.1. The molecule has 2 aromatic heterocycles. The Bertz CT molecular complexity index is 1250. The summed E-state index contributed by atoms with van der Waals surface area (Å²) in [5.41, 5.74) is 1.89. The first kappa shape index (κ1) is 22.9. The molecule has 3 aromatic rings. The van der Waals surface area contributed by atoms with Crippen LogP contribution in [0.5, 0.6) is 5.75 Å². The standard InChI is InChI=1S/C23H22ClN3O5S/c1-3-31-18-5-4-10-26(22(18)29)17-7-6-15(11-14(17)2)27-13-16(32-23(27)30)12-25-21(28)19-8-9-20(24)33-19/h4-11,16H,3,12-13H2,1-2H3,(H,25,28)/t16-/m0/s1. The fourth-order valence-electron chi connectivity index (χ4n) is 3.58. The van der Waals surface area contributed by atoms with Crippen LogP contribution in [0.1, 0.15) is 22.2 Å². The molecule has 1 aliphatic rings. The van der Waals surface area contributed by atoms with E-state index in [0.717, 1.165) is 5.56 Å². The second-order valence-electron chi connectivity index (χ2n) is 7.38. The average molecular weight is 488 g/mol. The first-order chi connectivity index (χ1) is 15.9. The second kappa shape index (κ2) is 9.68. The van der Waals surface area contributed by atoms with Crippen LogP contribution in [0.3, 0.4) is 0 Å². The van der Waals surface area contributed by atoms with Crippen molar-refractivity contribution in [1.82, 2.24) is 9.88 Å². The molecule has 3 heterocycles. The van der Waals surface area contributed by atoms with Crippen molar-refractivity contribution in [3.63, 3.8) is 0 Å². The maximum Gasteiger partial charge on any atom is 0.414 e. The number of amides is 2. The number of aromatic nitrogens is 1. The number of carbonyl (C=O) groups is 2. The number of thiophene rings is 1. The van der Waals surface area contributed by atoms with Gasteiger partial charge in [-0.05, 0) is 61.9 Å². The number of cyclic esters (lactones) is 1. The number of pyridine rings is 1. The molecule has 4 rings (SSSR count). The van der Waals surface area contributed by atoms with Crippen molar-refractivity contribution in [3.05, 3.63) is 73.8 Å². The number of nitrogens with zero attached hydrogens (tertiary/aromatic N) is 2. The van der Waals surface area contributed by atoms with Crippen molar-refractivity contribution in [3.8, 4) is 11.4 Å². The van der Waals surface area contributed by atoms with Crippen LogP contribution < -0.4 is 20.5 Å². The fourth-order valence-corrected chi connectivity index (χ4v) is 4.54. The van der Waals surface area contributed by atoms with E-state index in [1.54, 1.807) is 42.6 Å². The lowest BCUT2D eigenvalue weighted by Crippen LogP contribution is -2.34. The maximum atomic E-state index is 12.7. The van der Waals surface area contributed by atoms with Crippen LogP contribution >= 0.6 is 22.9 Å². The third-order valence-electron chi connectivity index (χ3n) is 5.13. The number of rotatable bonds is 7. The summed E-state index contributed by atoms with van der Waals surface area (Å²) in [5, 5.41) is 2.77. The summed E-state index contributed by atoms with van der Waals surface area (Å²) in [6.07, 6.45) is 0.703. The number of anilines is 1. The Morgan fingerprint density at radius 1 is 1.27 bits per heavy atom. The Labute approximate surface area is 199 Å². The Hall–Kier alpha value is -3.30. The molecular weight excluding hydrogens is 466 g/mol. The van der Waals surface area contributed by atoms with E-state index in [0.29, 0.717) is 33.7 Å². The third-order valence-corrected chi connectivity index (χ3v) is 6.36. The Morgan fingerprint density at radius 2 is 2.09 bits per heavy atom. The Morgan fingerprint density at radius 3 is 2.79 bits per heavy atom. The summed E-state index contributed by atoms with van der Waals surface area (Å²) >= 11 is 7.05. The first-order valence-corrected chi connectivity index (χ1v) is 11.5. The molecule has 0 saturated carbocycles. The zero-order valence-electron chi connectivity index (χ0n) is 18.0. The molecule has 8 nitrogen and oxygen atoms in total. The van der Waals surface area contributed by atoms with Crippen LogP contribution in [0.2, 0.25) is 4.34 Å². The average Bonchev–Trinajstić information content (AvgIpc) is 3.39. The van der Waals surface area contributed by atoms with Crippen LogP contribution in [0.25, 0.3) is 5.69 Å². The van der Waals surface area contributed by atoms with Gasteiger partial charge in [0.1, 0.15) is 6.10 Å². The Kier molecular flexibility index (Phi) is 6.71. The molecule has 1 aliphatic heterocycles. The van der Waals surface area contributed by atoms with Gasteiger partial charge in [0.2, 0.25) is 0 Å². The van der Waals surface area contributed by atoms with Gasteiger partial charge >= 0.3 is 6.09 Å². The zero-order valence-corrected chi connectivity index (χ0v) is 19.6. The maximum absolute atomic E-state index is 12.7. The molecule has 1 N–H and O–H groups in total. The lowest BCUT2D eigenvalue weighted by molar-refractivity contribution is 0.0920. The van der Waals surface area contributed by atoms with E-state index in [-0.39, 0.29) is 23.8 Å². The van der Waals surface area contributed by atoms with E-state index in [9.17, 15) is 14.4 Å². The minimum atomic E-state index is -0.490. The van der Waals surface area contributed by atoms with Gasteiger partial charge in [0.15, 0.2) is 5.75 Å². The highest BCUT2D eigenvalue weighted by Gasteiger charge is 2.33. The smallest absolute Gasteiger partial charge is 0.414 e. The predicted molar refractivity (Wildman–Crippen MR) is 127 cm³/mol. The first-order valence-electron chi connectivity index (χ1n) is 10.3. The van der Waals surface area contributed by atoms with Crippen molar-refractivity contribution in [2.75, 3.05) is 24.6 Å². The van der Waals surface area contributed by atoms with Crippen LogP contribution in [-0.4, -0.2) is 42.4 Å². The van der Waals surface area contributed by atoms with E-state index in [1.165, 1.54) is 20.8 Å². The van der Waals surface area contributed by atoms with Gasteiger partial charge in [0, 0.05) is 11.9 Å². The SMILES string of the molecule is CCOc1cccn(-c2ccc(N3C[C@H](CNC(=O)c4ccc(Cl)s4)OC3=O)cc2C)c1=O. The number of aryl methyl sites for hydroxylation is 1. The molecule has 10 heteroatoms. The molecule has 1 fully saturated rings. The molecule has 172 valence electrons. The molecule has 1 aromatic carbocycles. The topological polar surface area (TPSA) is 89.9 Å². The van der Waals surface area contributed by atoms with Crippen LogP contribution in [0.4, 0.5) is 10.5 Å². The number of carbonyl (C=O) groups excluding carboxylic acids is 2. The lowest BCUT2D eigenvalue weighted by atomic mass is 10.1. The molecule has 0 bridgehead atoms. The quantitative estimate of drug-likeness (QED) is 0.543. The van der Waals surface area contributed by atoms with Crippen molar-refractivity contribution in [2.24, 2.45) is 0 Å². The number of nitrogens with one attached hydrogen (secondary N) is 1. The highest BCUT2D eigenvalue weighted by molar-refractivity contribution is 7.18. The van der Waals surface area contributed by atoms with Crippen molar-refractivity contribution >= 4 is 40.6 Å². The van der Waals surface area contributed by atoms with E-state index in [4.69, 9.17) is 21.1 Å². The molecular formula is C23H22ClN3O5S. The number of hydrogen-bond donors (Lipinski definition) is 1. The predicted octanol–water partition coefficient (Wildman–Crippen LogP) is 4.01. The van der Waals surface area contributed by atoms with Crippen LogP contribution in [0, 0.1) is 6.92 Å². The summed E-state index contributed by atoms with van der Waals surface area (Å²) in [6.45, 7) is 4.57.